The molecule has 2 amide bonds. The zero-order chi connectivity index (χ0) is 18.4. The highest BCUT2D eigenvalue weighted by atomic mass is 16.4. The van der Waals surface area contributed by atoms with Crippen molar-refractivity contribution in [3.8, 4) is 0 Å². The molecule has 2 fully saturated rings. The maximum absolute atomic E-state index is 12.2. The molecule has 2 saturated heterocycles. The zero-order valence-corrected chi connectivity index (χ0v) is 15.3. The Kier molecular flexibility index (Phi) is 6.50. The Morgan fingerprint density at radius 3 is 2.50 bits per heavy atom. The highest BCUT2D eigenvalue weighted by Crippen LogP contribution is 2.17. The summed E-state index contributed by atoms with van der Waals surface area (Å²) >= 11 is 0. The van der Waals surface area contributed by atoms with Crippen LogP contribution in [0.1, 0.15) is 43.2 Å². The average molecular weight is 359 g/mol. The quantitative estimate of drug-likeness (QED) is 0.848. The van der Waals surface area contributed by atoms with E-state index < -0.39 is 11.9 Å². The van der Waals surface area contributed by atoms with Crippen molar-refractivity contribution in [3.05, 3.63) is 35.4 Å². The van der Waals surface area contributed by atoms with E-state index in [0.29, 0.717) is 26.1 Å². The molecule has 3 rings (SSSR count). The molecule has 0 bridgehead atoms. The molecule has 0 radical (unpaired) electrons. The third-order valence-electron chi connectivity index (χ3n) is 5.36. The largest absolute Gasteiger partial charge is 0.481 e. The number of nitrogens with zero attached hydrogens (tertiary/aromatic N) is 2. The Balaban J connectivity index is 1.49. The predicted octanol–water partition coefficient (Wildman–Crippen LogP) is 2.68. The van der Waals surface area contributed by atoms with Gasteiger partial charge in [0, 0.05) is 26.2 Å². The van der Waals surface area contributed by atoms with E-state index in [-0.39, 0.29) is 6.03 Å². The monoisotopic (exact) mass is 359 g/mol. The number of benzene rings is 1. The SMILES string of the molecule is O=C(O)C1CCN(C(=O)NCc2cccc(CN3CCCCCC3)c2)C1. The zero-order valence-electron chi connectivity index (χ0n) is 15.3. The van der Waals surface area contributed by atoms with Crippen molar-refractivity contribution in [2.24, 2.45) is 5.92 Å². The van der Waals surface area contributed by atoms with Crippen LogP contribution in [0.2, 0.25) is 0 Å². The van der Waals surface area contributed by atoms with Gasteiger partial charge < -0.3 is 15.3 Å². The van der Waals surface area contributed by atoms with Crippen LogP contribution >= 0.6 is 0 Å². The first-order valence-corrected chi connectivity index (χ1v) is 9.67. The number of carbonyl (C=O) groups is 2. The second-order valence-electron chi connectivity index (χ2n) is 7.44. The summed E-state index contributed by atoms with van der Waals surface area (Å²) in [5, 5.41) is 12.0. The molecule has 0 aliphatic carbocycles. The number of hydrogen-bond donors (Lipinski definition) is 2. The Morgan fingerprint density at radius 1 is 1.08 bits per heavy atom. The summed E-state index contributed by atoms with van der Waals surface area (Å²) in [4.78, 5) is 27.4. The number of carbonyl (C=O) groups excluding carboxylic acids is 1. The fourth-order valence-corrected chi connectivity index (χ4v) is 3.83. The molecule has 26 heavy (non-hydrogen) atoms. The number of amides is 2. The van der Waals surface area contributed by atoms with E-state index in [9.17, 15) is 9.59 Å². The minimum absolute atomic E-state index is 0.174. The molecule has 142 valence electrons. The topological polar surface area (TPSA) is 72.9 Å². The van der Waals surface area contributed by atoms with Gasteiger partial charge in [-0.15, -0.1) is 0 Å². The standard InChI is InChI=1S/C20H29N3O3/c24-19(25)18-8-11-23(15-18)20(26)21-13-16-6-5-7-17(12-16)14-22-9-3-1-2-4-10-22/h5-7,12,18H,1-4,8-11,13-15H2,(H,21,26)(H,24,25). The lowest BCUT2D eigenvalue weighted by atomic mass is 10.1. The van der Waals surface area contributed by atoms with Gasteiger partial charge in [0.15, 0.2) is 0 Å². The first-order valence-electron chi connectivity index (χ1n) is 9.67. The number of hydrogen-bond acceptors (Lipinski definition) is 3. The van der Waals surface area contributed by atoms with Gasteiger partial charge in [0.1, 0.15) is 0 Å². The molecule has 0 saturated carbocycles. The van der Waals surface area contributed by atoms with Crippen LogP contribution in [0.5, 0.6) is 0 Å². The molecule has 2 aliphatic rings. The van der Waals surface area contributed by atoms with E-state index in [1.54, 1.807) is 4.90 Å². The number of urea groups is 1. The summed E-state index contributed by atoms with van der Waals surface area (Å²) in [6.07, 6.45) is 5.77. The molecule has 6 heteroatoms. The van der Waals surface area contributed by atoms with Crippen LogP contribution in [0.4, 0.5) is 4.79 Å². The van der Waals surface area contributed by atoms with Gasteiger partial charge in [-0.25, -0.2) is 4.79 Å². The lowest BCUT2D eigenvalue weighted by molar-refractivity contribution is -0.141. The number of aliphatic carboxylic acids is 1. The van der Waals surface area contributed by atoms with Crippen molar-refractivity contribution in [2.45, 2.75) is 45.2 Å². The van der Waals surface area contributed by atoms with E-state index in [0.717, 1.165) is 12.1 Å². The molecule has 1 aromatic carbocycles. The van der Waals surface area contributed by atoms with Crippen molar-refractivity contribution in [3.63, 3.8) is 0 Å². The third kappa shape index (κ3) is 5.21. The number of nitrogens with one attached hydrogen (secondary N) is 1. The first kappa shape index (κ1) is 18.7. The summed E-state index contributed by atoms with van der Waals surface area (Å²) in [6.45, 7) is 4.59. The van der Waals surface area contributed by atoms with Crippen molar-refractivity contribution < 1.29 is 14.7 Å². The number of carboxylic acid groups (broad SMARTS) is 1. The molecule has 1 atom stereocenters. The molecule has 0 aromatic heterocycles. The summed E-state index contributed by atoms with van der Waals surface area (Å²) in [7, 11) is 0. The molecule has 1 unspecified atom stereocenters. The van der Waals surface area contributed by atoms with Crippen LogP contribution in [0.25, 0.3) is 0 Å². The smallest absolute Gasteiger partial charge is 0.317 e. The molecule has 2 N–H and O–H groups in total. The Hall–Kier alpha value is -2.08. The molecule has 6 nitrogen and oxygen atoms in total. The number of likely N-dealkylation sites (tertiary alicyclic amines) is 2. The van der Waals surface area contributed by atoms with Gasteiger partial charge in [-0.3, -0.25) is 9.69 Å². The maximum Gasteiger partial charge on any atom is 0.317 e. The van der Waals surface area contributed by atoms with Crippen LogP contribution in [0, 0.1) is 5.92 Å². The minimum atomic E-state index is -0.818. The molecular formula is C20H29N3O3. The van der Waals surface area contributed by atoms with Crippen molar-refractivity contribution in [2.75, 3.05) is 26.2 Å². The van der Waals surface area contributed by atoms with Crippen molar-refractivity contribution in [1.82, 2.24) is 15.1 Å². The third-order valence-corrected chi connectivity index (χ3v) is 5.36. The van der Waals surface area contributed by atoms with Gasteiger partial charge in [0.2, 0.25) is 0 Å². The van der Waals surface area contributed by atoms with Gasteiger partial charge in [-0.2, -0.15) is 0 Å². The van der Waals surface area contributed by atoms with E-state index in [2.05, 4.69) is 22.3 Å². The minimum Gasteiger partial charge on any atom is -0.481 e. The van der Waals surface area contributed by atoms with Crippen LogP contribution < -0.4 is 5.32 Å². The maximum atomic E-state index is 12.2. The lowest BCUT2D eigenvalue weighted by Gasteiger charge is -2.20. The van der Waals surface area contributed by atoms with Gasteiger partial charge in [-0.1, -0.05) is 37.1 Å². The van der Waals surface area contributed by atoms with Crippen molar-refractivity contribution >= 4 is 12.0 Å². The molecule has 0 spiro atoms. The molecule has 2 aliphatic heterocycles. The second kappa shape index (κ2) is 9.03. The number of rotatable bonds is 5. The first-order chi connectivity index (χ1) is 12.6. The molecule has 1 aromatic rings. The molecular weight excluding hydrogens is 330 g/mol. The van der Waals surface area contributed by atoms with Crippen LogP contribution in [0.3, 0.4) is 0 Å². The second-order valence-corrected chi connectivity index (χ2v) is 7.44. The summed E-state index contributed by atoms with van der Waals surface area (Å²) in [5.74, 6) is -1.25. The highest BCUT2D eigenvalue weighted by Gasteiger charge is 2.30. The lowest BCUT2D eigenvalue weighted by Crippen LogP contribution is -2.38. The van der Waals surface area contributed by atoms with Crippen LogP contribution in [-0.4, -0.2) is 53.1 Å². The van der Waals surface area contributed by atoms with Gasteiger partial charge in [0.25, 0.3) is 0 Å². The summed E-state index contributed by atoms with van der Waals surface area (Å²) in [6, 6.07) is 8.21. The predicted molar refractivity (Wildman–Crippen MR) is 99.7 cm³/mol. The van der Waals surface area contributed by atoms with E-state index in [1.165, 1.54) is 44.3 Å². The molecule has 2 heterocycles. The normalized spacial score (nSPS) is 21.4. The fraction of sp³-hybridized carbons (Fsp3) is 0.600. The van der Waals surface area contributed by atoms with E-state index in [4.69, 9.17) is 5.11 Å². The Bertz CT molecular complexity index is 626. The summed E-state index contributed by atoms with van der Waals surface area (Å²) < 4.78 is 0. The average Bonchev–Trinajstić information content (AvgIpc) is 3.00. The Labute approximate surface area is 155 Å². The summed E-state index contributed by atoms with van der Waals surface area (Å²) in [5.41, 5.74) is 2.37. The highest BCUT2D eigenvalue weighted by molar-refractivity contribution is 5.77. The number of carboxylic acids is 1. The van der Waals surface area contributed by atoms with E-state index in [1.807, 2.05) is 12.1 Å². The van der Waals surface area contributed by atoms with Crippen LogP contribution in [0.15, 0.2) is 24.3 Å². The van der Waals surface area contributed by atoms with E-state index >= 15 is 0 Å². The van der Waals surface area contributed by atoms with Gasteiger partial charge >= 0.3 is 12.0 Å². The Morgan fingerprint density at radius 2 is 1.81 bits per heavy atom. The van der Waals surface area contributed by atoms with Crippen molar-refractivity contribution in [1.29, 1.82) is 0 Å². The fourth-order valence-electron chi connectivity index (χ4n) is 3.83. The van der Waals surface area contributed by atoms with Crippen LogP contribution in [-0.2, 0) is 17.9 Å². The van der Waals surface area contributed by atoms with Gasteiger partial charge in [-0.05, 0) is 43.5 Å². The van der Waals surface area contributed by atoms with Gasteiger partial charge in [0.05, 0.1) is 5.92 Å².